The van der Waals surface area contributed by atoms with Gasteiger partial charge >= 0.3 is 5.97 Å². The minimum atomic E-state index is -0.948. The summed E-state index contributed by atoms with van der Waals surface area (Å²) < 4.78 is 10.4. The van der Waals surface area contributed by atoms with Crippen LogP contribution in [0.3, 0.4) is 0 Å². The highest BCUT2D eigenvalue weighted by atomic mass is 16.4. The Morgan fingerprint density at radius 2 is 1.73 bits per heavy atom. The van der Waals surface area contributed by atoms with Crippen molar-refractivity contribution in [3.8, 4) is 17.1 Å². The van der Waals surface area contributed by atoms with Crippen molar-refractivity contribution in [2.24, 2.45) is 0 Å². The van der Waals surface area contributed by atoms with Crippen LogP contribution in [0.2, 0.25) is 0 Å². The lowest BCUT2D eigenvalue weighted by atomic mass is 10.1. The molecule has 7 rings (SSSR count). The van der Waals surface area contributed by atoms with Crippen molar-refractivity contribution in [3.63, 3.8) is 0 Å². The van der Waals surface area contributed by atoms with E-state index in [0.29, 0.717) is 18.1 Å². The number of para-hydroxylation sites is 2. The zero-order chi connectivity index (χ0) is 28.2. The number of carbonyl (C=O) groups is 1. The van der Waals surface area contributed by atoms with Gasteiger partial charge in [-0.05, 0) is 73.0 Å². The van der Waals surface area contributed by atoms with Crippen LogP contribution in [0.25, 0.3) is 50.2 Å². The minimum Gasteiger partial charge on any atom is -0.478 e. The molecule has 0 aliphatic heterocycles. The molecule has 0 unspecified atom stereocenters. The lowest BCUT2D eigenvalue weighted by Crippen LogP contribution is -2.06. The van der Waals surface area contributed by atoms with E-state index >= 15 is 0 Å². The first kappa shape index (κ1) is 24.8. The highest BCUT2D eigenvalue weighted by Gasteiger charge is 2.19. The van der Waals surface area contributed by atoms with E-state index < -0.39 is 5.97 Å². The monoisotopic (exact) mass is 540 g/mol. The fraction of sp³-hybridized carbons (Fsp3) is 0.147. The average molecular weight is 541 g/mol. The topological polar surface area (TPSA) is 86.1 Å². The van der Waals surface area contributed by atoms with Crippen molar-refractivity contribution in [3.05, 3.63) is 113 Å². The first-order valence-electron chi connectivity index (χ1n) is 13.7. The summed E-state index contributed by atoms with van der Waals surface area (Å²) in [7, 11) is 0. The Balaban J connectivity index is 1.36. The molecule has 0 fully saturated rings. The Kier molecular flexibility index (Phi) is 5.75. The van der Waals surface area contributed by atoms with Gasteiger partial charge in [-0.15, -0.1) is 0 Å². The fourth-order valence-corrected chi connectivity index (χ4v) is 5.83. The molecule has 4 aromatic carbocycles. The third-order valence-electron chi connectivity index (χ3n) is 7.84. The molecular formula is C34H28N4O3. The van der Waals surface area contributed by atoms with Crippen LogP contribution in [0.15, 0.2) is 89.5 Å². The molecule has 202 valence electrons. The Morgan fingerprint density at radius 1 is 0.902 bits per heavy atom. The van der Waals surface area contributed by atoms with Gasteiger partial charge < -0.3 is 18.7 Å². The van der Waals surface area contributed by atoms with Crippen molar-refractivity contribution in [1.82, 2.24) is 19.1 Å². The highest BCUT2D eigenvalue weighted by molar-refractivity contribution is 5.94. The predicted molar refractivity (Wildman–Crippen MR) is 161 cm³/mol. The molecule has 0 saturated carbocycles. The molecule has 7 aromatic rings. The molecule has 0 aliphatic carbocycles. The number of fused-ring (bicyclic) bond motifs is 3. The van der Waals surface area contributed by atoms with E-state index in [9.17, 15) is 9.90 Å². The number of nitrogens with zero attached hydrogens (tertiary/aromatic N) is 4. The van der Waals surface area contributed by atoms with E-state index in [-0.39, 0.29) is 5.56 Å². The van der Waals surface area contributed by atoms with Crippen molar-refractivity contribution in [2.45, 2.75) is 33.7 Å². The molecule has 3 aromatic heterocycles. The molecule has 0 aliphatic rings. The summed E-state index contributed by atoms with van der Waals surface area (Å²) in [6.45, 7) is 6.86. The largest absolute Gasteiger partial charge is 0.478 e. The van der Waals surface area contributed by atoms with E-state index in [1.165, 1.54) is 0 Å². The Labute approximate surface area is 236 Å². The number of hydrogen-bond acceptors (Lipinski definition) is 4. The van der Waals surface area contributed by atoms with Gasteiger partial charge in [0.25, 0.3) is 0 Å². The van der Waals surface area contributed by atoms with Gasteiger partial charge in [-0.2, -0.15) is 0 Å². The number of hydrogen-bond donors (Lipinski definition) is 1. The second-order valence-electron chi connectivity index (χ2n) is 10.4. The van der Waals surface area contributed by atoms with Crippen LogP contribution in [-0.2, 0) is 13.0 Å². The number of imidazole rings is 1. The van der Waals surface area contributed by atoms with Gasteiger partial charge in [0, 0.05) is 23.6 Å². The van der Waals surface area contributed by atoms with E-state index in [1.54, 1.807) is 12.1 Å². The molecule has 41 heavy (non-hydrogen) atoms. The zero-order valence-electron chi connectivity index (χ0n) is 23.0. The Hall–Kier alpha value is -5.17. The smallest absolute Gasteiger partial charge is 0.337 e. The number of rotatable bonds is 6. The van der Waals surface area contributed by atoms with Gasteiger partial charge in [-0.25, -0.2) is 14.8 Å². The van der Waals surface area contributed by atoms with Crippen LogP contribution >= 0.6 is 0 Å². The number of aromatic nitrogens is 4. The van der Waals surface area contributed by atoms with Gasteiger partial charge in [-0.3, -0.25) is 0 Å². The summed E-state index contributed by atoms with van der Waals surface area (Å²) in [5.41, 5.74) is 9.70. The first-order valence-corrected chi connectivity index (χ1v) is 13.7. The summed E-state index contributed by atoms with van der Waals surface area (Å²) in [6.07, 6.45) is 2.73. The summed E-state index contributed by atoms with van der Waals surface area (Å²) >= 11 is 0. The normalized spacial score (nSPS) is 11.7. The number of carboxylic acid groups (broad SMARTS) is 1. The second kappa shape index (κ2) is 9.48. The predicted octanol–water partition coefficient (Wildman–Crippen LogP) is 7.71. The maximum absolute atomic E-state index is 11.9. The molecular weight excluding hydrogens is 512 g/mol. The molecule has 0 spiro atoms. The van der Waals surface area contributed by atoms with Gasteiger partial charge in [0.2, 0.25) is 5.89 Å². The number of aryl methyl sites for hydroxylation is 3. The van der Waals surface area contributed by atoms with Gasteiger partial charge in [-0.1, -0.05) is 43.3 Å². The van der Waals surface area contributed by atoms with E-state index in [0.717, 1.165) is 67.5 Å². The van der Waals surface area contributed by atoms with Gasteiger partial charge in [0.15, 0.2) is 5.58 Å². The molecule has 0 radical (unpaired) electrons. The zero-order valence-corrected chi connectivity index (χ0v) is 23.0. The van der Waals surface area contributed by atoms with E-state index in [2.05, 4.69) is 42.7 Å². The number of benzene rings is 4. The second-order valence-corrected chi connectivity index (χ2v) is 10.4. The first-order chi connectivity index (χ1) is 19.9. The van der Waals surface area contributed by atoms with Crippen LogP contribution in [0.4, 0.5) is 0 Å². The highest BCUT2D eigenvalue weighted by Crippen LogP contribution is 2.33. The minimum absolute atomic E-state index is 0.265. The molecule has 7 nitrogen and oxygen atoms in total. The van der Waals surface area contributed by atoms with Crippen molar-refractivity contribution in [1.29, 1.82) is 0 Å². The van der Waals surface area contributed by atoms with E-state index in [4.69, 9.17) is 14.4 Å². The molecule has 7 heteroatoms. The molecule has 0 atom stereocenters. The van der Waals surface area contributed by atoms with Crippen LogP contribution < -0.4 is 0 Å². The average Bonchev–Trinajstić information content (AvgIpc) is 3.70. The molecule has 3 heterocycles. The third kappa shape index (κ3) is 4.00. The molecule has 0 saturated heterocycles. The molecule has 0 amide bonds. The summed E-state index contributed by atoms with van der Waals surface area (Å²) in [4.78, 5) is 21.7. The van der Waals surface area contributed by atoms with Gasteiger partial charge in [0.1, 0.15) is 11.3 Å². The Bertz CT molecular complexity index is 2130. The molecule has 0 bridgehead atoms. The summed E-state index contributed by atoms with van der Waals surface area (Å²) in [5.74, 6) is 0.652. The standard InChI is InChI=1S/C34H28N4O3/c1-4-30-36-31-21(3)17-23(33-35-26-12-7-9-20(2)32(26)41-33)18-29(31)38(30)19-22-10-8-14-27-24(22)15-16-37(27)28-13-6-5-11-25(28)34(39)40/h5-18H,4,19H2,1-3H3,(H,39,40). The fourth-order valence-electron chi connectivity index (χ4n) is 5.83. The van der Waals surface area contributed by atoms with Crippen molar-refractivity contribution in [2.75, 3.05) is 0 Å². The molecule has 1 N–H and O–H groups in total. The number of oxazole rings is 1. The Morgan fingerprint density at radius 3 is 2.54 bits per heavy atom. The van der Waals surface area contributed by atoms with Gasteiger partial charge in [0.05, 0.1) is 34.3 Å². The summed E-state index contributed by atoms with van der Waals surface area (Å²) in [5, 5.41) is 10.8. The number of carboxylic acids is 1. The van der Waals surface area contributed by atoms with Crippen LogP contribution in [-0.4, -0.2) is 30.2 Å². The van der Waals surface area contributed by atoms with Crippen molar-refractivity contribution >= 4 is 39.0 Å². The maximum atomic E-state index is 11.9. The van der Waals surface area contributed by atoms with Crippen LogP contribution in [0, 0.1) is 13.8 Å². The van der Waals surface area contributed by atoms with Crippen molar-refractivity contribution < 1.29 is 14.3 Å². The number of aromatic carboxylic acids is 1. The lowest BCUT2D eigenvalue weighted by Gasteiger charge is -2.12. The SMILES string of the molecule is CCc1nc2c(C)cc(-c3nc4cccc(C)c4o3)cc2n1Cc1cccc2c1ccn2-c1ccccc1C(=O)O. The third-order valence-corrected chi connectivity index (χ3v) is 7.84. The van der Waals surface area contributed by atoms with E-state index in [1.807, 2.05) is 60.2 Å². The van der Waals surface area contributed by atoms with Crippen LogP contribution in [0.1, 0.15) is 39.8 Å². The lowest BCUT2D eigenvalue weighted by molar-refractivity contribution is 0.0697. The summed E-state index contributed by atoms with van der Waals surface area (Å²) in [6, 6.07) is 25.6. The quantitative estimate of drug-likeness (QED) is 0.233. The van der Waals surface area contributed by atoms with Crippen LogP contribution in [0.5, 0.6) is 0 Å². The maximum Gasteiger partial charge on any atom is 0.337 e.